The number of amides is 1. The summed E-state index contributed by atoms with van der Waals surface area (Å²) in [6, 6.07) is 18.3. The first-order chi connectivity index (χ1) is 16.7. The lowest BCUT2D eigenvalue weighted by atomic mass is 10.0. The SMILES string of the molecule is CC(C)S(=O)(=O)c1ccc(-c2nnc(NC(=O)c3cc4c(ccc5ccccc54)oc3=O)o2)cc1. The second-order valence-electron chi connectivity index (χ2n) is 8.13. The van der Waals surface area contributed by atoms with Crippen molar-refractivity contribution in [3.63, 3.8) is 0 Å². The van der Waals surface area contributed by atoms with E-state index in [0.717, 1.165) is 10.8 Å². The Morgan fingerprint density at radius 3 is 2.40 bits per heavy atom. The van der Waals surface area contributed by atoms with Gasteiger partial charge in [0.05, 0.1) is 10.1 Å². The van der Waals surface area contributed by atoms with Crippen molar-refractivity contribution in [3.05, 3.63) is 82.7 Å². The van der Waals surface area contributed by atoms with Gasteiger partial charge in [-0.3, -0.25) is 10.1 Å². The Balaban J connectivity index is 1.42. The van der Waals surface area contributed by atoms with Crippen molar-refractivity contribution in [2.45, 2.75) is 24.0 Å². The van der Waals surface area contributed by atoms with Crippen molar-refractivity contribution in [3.8, 4) is 11.5 Å². The highest BCUT2D eigenvalue weighted by Crippen LogP contribution is 2.26. The number of carbonyl (C=O) groups excluding carboxylic acids is 1. The number of benzene rings is 3. The van der Waals surface area contributed by atoms with Crippen molar-refractivity contribution in [2.75, 3.05) is 5.32 Å². The molecule has 3 aromatic carbocycles. The Kier molecular flexibility index (Phi) is 5.45. The zero-order chi connectivity index (χ0) is 24.7. The first-order valence-electron chi connectivity index (χ1n) is 10.7. The van der Waals surface area contributed by atoms with Crippen LogP contribution in [0.25, 0.3) is 33.2 Å². The van der Waals surface area contributed by atoms with Gasteiger partial charge in [0, 0.05) is 10.9 Å². The van der Waals surface area contributed by atoms with Gasteiger partial charge in [-0.05, 0) is 61.0 Å². The quantitative estimate of drug-likeness (QED) is 0.283. The fraction of sp³-hybridized carbons (Fsp3) is 0.120. The molecule has 1 N–H and O–H groups in total. The highest BCUT2D eigenvalue weighted by Gasteiger charge is 2.21. The number of sulfone groups is 1. The molecule has 0 aliphatic carbocycles. The summed E-state index contributed by atoms with van der Waals surface area (Å²) >= 11 is 0. The van der Waals surface area contributed by atoms with E-state index in [-0.39, 0.29) is 22.4 Å². The molecule has 0 bridgehead atoms. The van der Waals surface area contributed by atoms with Crippen LogP contribution in [0, 0.1) is 0 Å². The smallest absolute Gasteiger partial charge is 0.349 e. The number of carbonyl (C=O) groups is 1. The standard InChI is InChI=1S/C25H19N3O6S/c1-14(2)35(31,32)17-10-7-16(8-11-17)23-27-28-25(34-23)26-22(29)20-13-19-18-6-4-3-5-15(18)9-12-21(19)33-24(20)30/h3-14H,1-2H3,(H,26,28,29). The number of aromatic nitrogens is 2. The van der Waals surface area contributed by atoms with Crippen LogP contribution in [-0.2, 0) is 9.84 Å². The maximum absolute atomic E-state index is 12.8. The maximum atomic E-state index is 12.8. The number of hydrogen-bond acceptors (Lipinski definition) is 8. The molecule has 0 radical (unpaired) electrons. The van der Waals surface area contributed by atoms with Crippen LogP contribution in [0.5, 0.6) is 0 Å². The fourth-order valence-corrected chi connectivity index (χ4v) is 4.70. The number of nitrogens with one attached hydrogen (secondary N) is 1. The summed E-state index contributed by atoms with van der Waals surface area (Å²) in [5, 5.41) is 12.0. The average molecular weight is 490 g/mol. The van der Waals surface area contributed by atoms with E-state index in [1.165, 1.54) is 30.3 Å². The molecule has 0 fully saturated rings. The zero-order valence-electron chi connectivity index (χ0n) is 18.7. The minimum absolute atomic E-state index is 0.0744. The largest absolute Gasteiger partial charge is 0.422 e. The second kappa shape index (κ2) is 8.48. The van der Waals surface area contributed by atoms with Crippen molar-refractivity contribution in [1.29, 1.82) is 0 Å². The fourth-order valence-electron chi connectivity index (χ4n) is 3.64. The van der Waals surface area contributed by atoms with Gasteiger partial charge < -0.3 is 8.83 Å². The lowest BCUT2D eigenvalue weighted by molar-refractivity contribution is 0.102. The molecule has 0 atom stereocenters. The third-order valence-electron chi connectivity index (χ3n) is 5.58. The Labute approximate surface area is 199 Å². The van der Waals surface area contributed by atoms with Gasteiger partial charge in [0.2, 0.25) is 5.89 Å². The van der Waals surface area contributed by atoms with E-state index in [9.17, 15) is 18.0 Å². The molecule has 2 heterocycles. The van der Waals surface area contributed by atoms with Crippen LogP contribution in [0.2, 0.25) is 0 Å². The normalized spacial score (nSPS) is 11.9. The number of rotatable bonds is 5. The van der Waals surface area contributed by atoms with Crippen LogP contribution >= 0.6 is 0 Å². The molecule has 0 unspecified atom stereocenters. The Morgan fingerprint density at radius 2 is 1.66 bits per heavy atom. The molecule has 5 aromatic rings. The molecule has 9 nitrogen and oxygen atoms in total. The van der Waals surface area contributed by atoms with E-state index in [1.807, 2.05) is 30.3 Å². The molecule has 176 valence electrons. The third kappa shape index (κ3) is 4.08. The molecule has 0 aliphatic heterocycles. The predicted molar refractivity (Wildman–Crippen MR) is 130 cm³/mol. The molecule has 5 rings (SSSR count). The van der Waals surface area contributed by atoms with Crippen LogP contribution in [-0.4, -0.2) is 29.8 Å². The number of anilines is 1. The summed E-state index contributed by atoms with van der Waals surface area (Å²) in [5.41, 5.74) is -0.172. The highest BCUT2D eigenvalue weighted by molar-refractivity contribution is 7.92. The topological polar surface area (TPSA) is 132 Å². The van der Waals surface area contributed by atoms with Gasteiger partial charge in [0.25, 0.3) is 5.91 Å². The van der Waals surface area contributed by atoms with Gasteiger partial charge in [-0.1, -0.05) is 35.4 Å². The zero-order valence-corrected chi connectivity index (χ0v) is 19.5. The minimum Gasteiger partial charge on any atom is -0.422 e. The Morgan fingerprint density at radius 1 is 0.914 bits per heavy atom. The van der Waals surface area contributed by atoms with Crippen LogP contribution < -0.4 is 10.9 Å². The number of hydrogen-bond donors (Lipinski definition) is 1. The molecule has 10 heteroatoms. The number of fused-ring (bicyclic) bond motifs is 3. The molecule has 0 spiro atoms. The van der Waals surface area contributed by atoms with E-state index < -0.39 is 26.6 Å². The van der Waals surface area contributed by atoms with E-state index >= 15 is 0 Å². The number of nitrogens with zero attached hydrogens (tertiary/aromatic N) is 2. The monoisotopic (exact) mass is 489 g/mol. The van der Waals surface area contributed by atoms with E-state index in [1.54, 1.807) is 19.9 Å². The van der Waals surface area contributed by atoms with Gasteiger partial charge >= 0.3 is 11.6 Å². The van der Waals surface area contributed by atoms with Crippen LogP contribution in [0.1, 0.15) is 24.2 Å². The van der Waals surface area contributed by atoms with Gasteiger partial charge in [0.15, 0.2) is 9.84 Å². The maximum Gasteiger partial charge on any atom is 0.349 e. The molecular formula is C25H19N3O6S. The summed E-state index contributed by atoms with van der Waals surface area (Å²) in [5.74, 6) is -0.688. The first-order valence-corrected chi connectivity index (χ1v) is 12.2. The van der Waals surface area contributed by atoms with Gasteiger partial charge in [0.1, 0.15) is 11.1 Å². The molecule has 0 saturated carbocycles. The molecule has 0 aliphatic rings. The lowest BCUT2D eigenvalue weighted by Crippen LogP contribution is -2.20. The van der Waals surface area contributed by atoms with Crippen molar-refractivity contribution in [2.24, 2.45) is 0 Å². The molecule has 35 heavy (non-hydrogen) atoms. The second-order valence-corrected chi connectivity index (χ2v) is 10.6. The summed E-state index contributed by atoms with van der Waals surface area (Å²) < 4.78 is 35.4. The van der Waals surface area contributed by atoms with Crippen LogP contribution in [0.4, 0.5) is 6.01 Å². The Hall–Kier alpha value is -4.31. The van der Waals surface area contributed by atoms with Gasteiger partial charge in [-0.2, -0.15) is 0 Å². The van der Waals surface area contributed by atoms with E-state index in [4.69, 9.17) is 8.83 Å². The van der Waals surface area contributed by atoms with Crippen molar-refractivity contribution in [1.82, 2.24) is 10.2 Å². The molecular weight excluding hydrogens is 470 g/mol. The lowest BCUT2D eigenvalue weighted by Gasteiger charge is -2.07. The predicted octanol–water partition coefficient (Wildman–Crippen LogP) is 4.43. The third-order valence-corrected chi connectivity index (χ3v) is 7.75. The van der Waals surface area contributed by atoms with Gasteiger partial charge in [-0.15, -0.1) is 5.10 Å². The summed E-state index contributed by atoms with van der Waals surface area (Å²) in [7, 11) is -3.41. The highest BCUT2D eigenvalue weighted by atomic mass is 32.2. The first kappa shape index (κ1) is 22.5. The summed E-state index contributed by atoms with van der Waals surface area (Å²) in [4.78, 5) is 25.4. The van der Waals surface area contributed by atoms with Crippen molar-refractivity contribution >= 4 is 43.5 Å². The van der Waals surface area contributed by atoms with Gasteiger partial charge in [-0.25, -0.2) is 13.2 Å². The average Bonchev–Trinajstić information content (AvgIpc) is 3.31. The van der Waals surface area contributed by atoms with E-state index in [2.05, 4.69) is 15.5 Å². The van der Waals surface area contributed by atoms with Crippen LogP contribution in [0.15, 0.2) is 85.3 Å². The molecule has 1 amide bonds. The van der Waals surface area contributed by atoms with E-state index in [0.29, 0.717) is 16.5 Å². The molecule has 0 saturated heterocycles. The van der Waals surface area contributed by atoms with Crippen molar-refractivity contribution < 1.29 is 22.0 Å². The Bertz CT molecular complexity index is 1750. The van der Waals surface area contributed by atoms with Crippen LogP contribution in [0.3, 0.4) is 0 Å². The summed E-state index contributed by atoms with van der Waals surface area (Å²) in [6.07, 6.45) is 0. The minimum atomic E-state index is -3.41. The summed E-state index contributed by atoms with van der Waals surface area (Å²) in [6.45, 7) is 3.21. The molecule has 2 aromatic heterocycles.